The lowest BCUT2D eigenvalue weighted by Crippen LogP contribution is -2.21. The highest BCUT2D eigenvalue weighted by Gasteiger charge is 2.19. The van der Waals surface area contributed by atoms with E-state index in [1.54, 1.807) is 0 Å². The average molecular weight is 273 g/mol. The third kappa shape index (κ3) is 2.86. The van der Waals surface area contributed by atoms with Crippen molar-refractivity contribution >= 4 is 5.95 Å². The van der Waals surface area contributed by atoms with Crippen molar-refractivity contribution in [3.63, 3.8) is 0 Å². The SMILES string of the molecule is Cc1cn(C(C)Cn2cccn2)c(NC2CCCC2)n1. The molecule has 20 heavy (non-hydrogen) atoms. The van der Waals surface area contributed by atoms with Crippen LogP contribution in [-0.4, -0.2) is 25.4 Å². The molecule has 1 aliphatic rings. The Bertz CT molecular complexity index is 537. The van der Waals surface area contributed by atoms with Crippen LogP contribution in [0.25, 0.3) is 0 Å². The molecule has 5 nitrogen and oxygen atoms in total. The number of hydrogen-bond acceptors (Lipinski definition) is 3. The molecular weight excluding hydrogens is 250 g/mol. The lowest BCUT2D eigenvalue weighted by Gasteiger charge is -2.19. The number of anilines is 1. The minimum absolute atomic E-state index is 0.333. The largest absolute Gasteiger partial charge is 0.353 e. The van der Waals surface area contributed by atoms with Gasteiger partial charge >= 0.3 is 0 Å². The van der Waals surface area contributed by atoms with Gasteiger partial charge in [-0.05, 0) is 32.8 Å². The van der Waals surface area contributed by atoms with Gasteiger partial charge < -0.3 is 9.88 Å². The minimum Gasteiger partial charge on any atom is -0.353 e. The summed E-state index contributed by atoms with van der Waals surface area (Å²) in [5.74, 6) is 1.01. The Kier molecular flexibility index (Phi) is 3.76. The average Bonchev–Trinajstić information content (AvgIpc) is 3.12. The van der Waals surface area contributed by atoms with Crippen molar-refractivity contribution in [2.24, 2.45) is 0 Å². The maximum Gasteiger partial charge on any atom is 0.203 e. The maximum absolute atomic E-state index is 4.65. The van der Waals surface area contributed by atoms with Crippen LogP contribution in [0.1, 0.15) is 44.3 Å². The molecule has 1 atom stereocenters. The summed E-state index contributed by atoms with van der Waals surface area (Å²) in [7, 11) is 0. The topological polar surface area (TPSA) is 47.7 Å². The molecule has 2 aromatic heterocycles. The van der Waals surface area contributed by atoms with Gasteiger partial charge in [0, 0.05) is 24.6 Å². The zero-order valence-electron chi connectivity index (χ0n) is 12.3. The molecule has 0 aliphatic heterocycles. The predicted octanol–water partition coefficient (Wildman–Crippen LogP) is 3.00. The minimum atomic E-state index is 0.333. The van der Waals surface area contributed by atoms with Crippen molar-refractivity contribution in [2.75, 3.05) is 5.32 Å². The molecule has 3 rings (SSSR count). The van der Waals surface area contributed by atoms with Gasteiger partial charge in [-0.2, -0.15) is 5.10 Å². The first-order chi connectivity index (χ1) is 9.72. The molecule has 2 aromatic rings. The first-order valence-corrected chi connectivity index (χ1v) is 7.52. The van der Waals surface area contributed by atoms with E-state index in [4.69, 9.17) is 0 Å². The van der Waals surface area contributed by atoms with Crippen LogP contribution in [0.15, 0.2) is 24.7 Å². The molecule has 108 valence electrons. The van der Waals surface area contributed by atoms with Crippen molar-refractivity contribution < 1.29 is 0 Å². The highest BCUT2D eigenvalue weighted by Crippen LogP contribution is 2.24. The van der Waals surface area contributed by atoms with Crippen LogP contribution < -0.4 is 5.32 Å². The number of rotatable bonds is 5. The number of aromatic nitrogens is 4. The summed E-state index contributed by atoms with van der Waals surface area (Å²) in [4.78, 5) is 4.65. The van der Waals surface area contributed by atoms with Crippen LogP contribution in [0.3, 0.4) is 0 Å². The van der Waals surface area contributed by atoms with Crippen molar-refractivity contribution in [3.8, 4) is 0 Å². The Morgan fingerprint density at radius 2 is 2.20 bits per heavy atom. The molecular formula is C15H23N5. The third-order valence-electron chi connectivity index (χ3n) is 4.03. The third-order valence-corrected chi connectivity index (χ3v) is 4.03. The van der Waals surface area contributed by atoms with Crippen molar-refractivity contribution in [1.82, 2.24) is 19.3 Å². The summed E-state index contributed by atoms with van der Waals surface area (Å²) in [5.41, 5.74) is 1.07. The van der Waals surface area contributed by atoms with E-state index in [2.05, 4.69) is 40.0 Å². The second-order valence-corrected chi connectivity index (χ2v) is 5.82. The van der Waals surface area contributed by atoms with Crippen LogP contribution in [-0.2, 0) is 6.54 Å². The Balaban J connectivity index is 1.74. The number of aryl methyl sites for hydroxylation is 1. The molecule has 1 aliphatic carbocycles. The molecule has 1 saturated carbocycles. The molecule has 1 unspecified atom stereocenters. The Morgan fingerprint density at radius 3 is 2.90 bits per heavy atom. The van der Waals surface area contributed by atoms with Gasteiger partial charge in [0.1, 0.15) is 0 Å². The van der Waals surface area contributed by atoms with Crippen molar-refractivity contribution in [3.05, 3.63) is 30.4 Å². The first-order valence-electron chi connectivity index (χ1n) is 7.52. The van der Waals surface area contributed by atoms with Gasteiger partial charge in [-0.25, -0.2) is 4.98 Å². The predicted molar refractivity (Wildman–Crippen MR) is 79.8 cm³/mol. The summed E-state index contributed by atoms with van der Waals surface area (Å²) in [5, 5.41) is 7.90. The summed E-state index contributed by atoms with van der Waals surface area (Å²) in [6.07, 6.45) is 11.2. The maximum atomic E-state index is 4.65. The van der Waals surface area contributed by atoms with Crippen molar-refractivity contribution in [2.45, 2.75) is 58.2 Å². The fourth-order valence-electron chi connectivity index (χ4n) is 2.98. The van der Waals surface area contributed by atoms with Gasteiger partial charge in [-0.1, -0.05) is 12.8 Å². The molecule has 0 amide bonds. The number of imidazole rings is 1. The van der Waals surface area contributed by atoms with Gasteiger partial charge in [-0.15, -0.1) is 0 Å². The second kappa shape index (κ2) is 5.69. The summed E-state index contributed by atoms with van der Waals surface area (Å²) in [6, 6.07) is 2.89. The van der Waals surface area contributed by atoms with E-state index >= 15 is 0 Å². The molecule has 5 heteroatoms. The molecule has 0 radical (unpaired) electrons. The molecule has 1 fully saturated rings. The fraction of sp³-hybridized carbons (Fsp3) is 0.600. The van der Waals surface area contributed by atoms with Gasteiger partial charge in [0.25, 0.3) is 0 Å². The summed E-state index contributed by atoms with van der Waals surface area (Å²) >= 11 is 0. The normalized spacial score (nSPS) is 17.5. The molecule has 0 saturated heterocycles. The summed E-state index contributed by atoms with van der Waals surface area (Å²) in [6.45, 7) is 5.13. The zero-order valence-corrected chi connectivity index (χ0v) is 12.3. The first kappa shape index (κ1) is 13.2. The Hall–Kier alpha value is -1.78. The standard InChI is InChI=1S/C15H23N5/c1-12-10-20(13(2)11-19-9-5-8-16-19)15(17-12)18-14-6-3-4-7-14/h5,8-10,13-14H,3-4,6-7,11H2,1-2H3,(H,17,18). The smallest absolute Gasteiger partial charge is 0.203 e. The van der Waals surface area contributed by atoms with E-state index in [9.17, 15) is 0 Å². The van der Waals surface area contributed by atoms with Gasteiger partial charge in [-0.3, -0.25) is 4.68 Å². The lowest BCUT2D eigenvalue weighted by molar-refractivity contribution is 0.439. The lowest BCUT2D eigenvalue weighted by atomic mass is 10.2. The molecule has 1 N–H and O–H groups in total. The number of hydrogen-bond donors (Lipinski definition) is 1. The van der Waals surface area contributed by atoms with E-state index in [1.807, 2.05) is 23.1 Å². The highest BCUT2D eigenvalue weighted by atomic mass is 15.3. The van der Waals surface area contributed by atoms with Gasteiger partial charge in [0.15, 0.2) is 0 Å². The fourth-order valence-corrected chi connectivity index (χ4v) is 2.98. The van der Waals surface area contributed by atoms with E-state index in [1.165, 1.54) is 25.7 Å². The van der Waals surface area contributed by atoms with E-state index in [-0.39, 0.29) is 0 Å². The van der Waals surface area contributed by atoms with Crippen LogP contribution >= 0.6 is 0 Å². The molecule has 0 spiro atoms. The number of nitrogens with zero attached hydrogens (tertiary/aromatic N) is 4. The molecule has 2 heterocycles. The molecule has 0 aromatic carbocycles. The Morgan fingerprint density at radius 1 is 1.40 bits per heavy atom. The van der Waals surface area contributed by atoms with E-state index in [0.717, 1.165) is 18.2 Å². The van der Waals surface area contributed by atoms with Gasteiger partial charge in [0.05, 0.1) is 18.3 Å². The molecule has 0 bridgehead atoms. The second-order valence-electron chi connectivity index (χ2n) is 5.82. The van der Waals surface area contributed by atoms with E-state index in [0.29, 0.717) is 12.1 Å². The highest BCUT2D eigenvalue weighted by molar-refractivity contribution is 5.31. The van der Waals surface area contributed by atoms with Crippen molar-refractivity contribution in [1.29, 1.82) is 0 Å². The van der Waals surface area contributed by atoms with Crippen LogP contribution in [0.5, 0.6) is 0 Å². The van der Waals surface area contributed by atoms with Crippen LogP contribution in [0, 0.1) is 6.92 Å². The van der Waals surface area contributed by atoms with E-state index < -0.39 is 0 Å². The van der Waals surface area contributed by atoms with Crippen LogP contribution in [0.2, 0.25) is 0 Å². The Labute approximate surface area is 120 Å². The van der Waals surface area contributed by atoms with Crippen LogP contribution in [0.4, 0.5) is 5.95 Å². The zero-order chi connectivity index (χ0) is 13.9. The van der Waals surface area contributed by atoms with Gasteiger partial charge in [0.2, 0.25) is 5.95 Å². The number of nitrogens with one attached hydrogen (secondary N) is 1. The summed E-state index contributed by atoms with van der Waals surface area (Å²) < 4.78 is 4.22. The monoisotopic (exact) mass is 273 g/mol. The quantitative estimate of drug-likeness (QED) is 0.911.